The molecule has 0 saturated carbocycles. The minimum Gasteiger partial charge on any atom is -0.483 e. The third-order valence-corrected chi connectivity index (χ3v) is 3.21. The Morgan fingerprint density at radius 2 is 1.63 bits per heavy atom. The highest BCUT2D eigenvalue weighted by Gasteiger charge is 2.23. The number of ether oxygens (including phenoxy) is 1. The molecule has 1 unspecified atom stereocenters. The number of anilines is 1. The van der Waals surface area contributed by atoms with E-state index in [1.807, 2.05) is 13.8 Å². The summed E-state index contributed by atoms with van der Waals surface area (Å²) in [5.74, 6) is -1.56. The van der Waals surface area contributed by atoms with E-state index < -0.39 is 17.9 Å². The van der Waals surface area contributed by atoms with Gasteiger partial charge in [-0.15, -0.1) is 0 Å². The summed E-state index contributed by atoms with van der Waals surface area (Å²) < 4.78 is 4.65. The standard InChI is InChI=1S/C10H10Cl2N2O3.C5H8.C2H6.CH2O2/c1-17-8(9(13)15)10(16)14-7-3-5(11)2-6(12)4-7;1-2-4-5-3-1;1-2;2-1-3/h2-4,8H,1H3,(H2,13,15)(H,14,16);1-2H,3-5H2;1-2H3;1H,(H,2,3). The molecule has 0 radical (unpaired) electrons. The minimum absolute atomic E-state index is 0.250. The van der Waals surface area contributed by atoms with Gasteiger partial charge in [0.05, 0.1) is 0 Å². The van der Waals surface area contributed by atoms with Gasteiger partial charge >= 0.3 is 0 Å². The van der Waals surface area contributed by atoms with Crippen LogP contribution in [0, 0.1) is 0 Å². The predicted molar refractivity (Wildman–Crippen MR) is 108 cm³/mol. The van der Waals surface area contributed by atoms with Gasteiger partial charge in [0.25, 0.3) is 18.3 Å². The van der Waals surface area contributed by atoms with Crippen molar-refractivity contribution in [3.63, 3.8) is 0 Å². The van der Waals surface area contributed by atoms with Crippen LogP contribution in [0.4, 0.5) is 5.69 Å². The number of rotatable bonds is 4. The molecule has 0 heterocycles. The summed E-state index contributed by atoms with van der Waals surface area (Å²) >= 11 is 11.5. The number of halogens is 2. The molecule has 1 aliphatic carbocycles. The summed E-state index contributed by atoms with van der Waals surface area (Å²) in [6.07, 6.45) is 7.15. The third-order valence-electron chi connectivity index (χ3n) is 2.77. The SMILES string of the molecule is C1=CCCC1.CC.COC(C(N)=O)C(=O)Nc1cc(Cl)cc(Cl)c1.O=CO. The van der Waals surface area contributed by atoms with Crippen LogP contribution in [-0.4, -0.2) is 36.6 Å². The third kappa shape index (κ3) is 13.7. The Hall–Kier alpha value is -2.09. The largest absolute Gasteiger partial charge is 0.483 e. The molecule has 1 aromatic carbocycles. The van der Waals surface area contributed by atoms with Crippen molar-refractivity contribution in [3.8, 4) is 0 Å². The van der Waals surface area contributed by atoms with Crippen molar-refractivity contribution in [1.82, 2.24) is 0 Å². The lowest BCUT2D eigenvalue weighted by atomic mass is 10.2. The molecule has 2 amide bonds. The first-order valence-electron chi connectivity index (χ1n) is 8.17. The summed E-state index contributed by atoms with van der Waals surface area (Å²) in [4.78, 5) is 30.8. The summed E-state index contributed by atoms with van der Waals surface area (Å²) in [7, 11) is 1.21. The van der Waals surface area contributed by atoms with Gasteiger partial charge in [-0.05, 0) is 37.5 Å². The van der Waals surface area contributed by atoms with E-state index >= 15 is 0 Å². The second kappa shape index (κ2) is 17.3. The number of hydrogen-bond acceptors (Lipinski definition) is 4. The van der Waals surface area contributed by atoms with Gasteiger partial charge in [-0.25, -0.2) is 0 Å². The molecular weight excluding hydrogens is 395 g/mol. The summed E-state index contributed by atoms with van der Waals surface area (Å²) in [6.45, 7) is 3.75. The zero-order valence-corrected chi connectivity index (χ0v) is 17.1. The van der Waals surface area contributed by atoms with Gasteiger partial charge in [-0.1, -0.05) is 49.2 Å². The van der Waals surface area contributed by atoms with E-state index in [2.05, 4.69) is 22.2 Å². The average Bonchev–Trinajstić information content (AvgIpc) is 3.16. The van der Waals surface area contributed by atoms with Crippen LogP contribution in [0.1, 0.15) is 33.1 Å². The molecule has 9 heteroatoms. The van der Waals surface area contributed by atoms with Crippen molar-refractivity contribution in [1.29, 1.82) is 0 Å². The Labute approximate surface area is 169 Å². The first kappa shape index (κ1) is 27.1. The van der Waals surface area contributed by atoms with Gasteiger partial charge in [0.15, 0.2) is 0 Å². The van der Waals surface area contributed by atoms with Crippen molar-refractivity contribution in [2.24, 2.45) is 5.73 Å². The second-order valence-electron chi connectivity index (χ2n) is 4.67. The molecule has 0 bridgehead atoms. The van der Waals surface area contributed by atoms with Crippen LogP contribution in [0.15, 0.2) is 30.4 Å². The highest BCUT2D eigenvalue weighted by molar-refractivity contribution is 6.35. The van der Waals surface area contributed by atoms with Gasteiger partial charge in [0, 0.05) is 22.8 Å². The number of carbonyl (C=O) groups excluding carboxylic acids is 2. The lowest BCUT2D eigenvalue weighted by Gasteiger charge is -2.12. The summed E-state index contributed by atoms with van der Waals surface area (Å²) in [6, 6.07) is 4.48. The Bertz CT molecular complexity index is 583. The minimum atomic E-state index is -1.35. The van der Waals surface area contributed by atoms with E-state index in [1.165, 1.54) is 44.6 Å². The van der Waals surface area contributed by atoms with Crippen LogP contribution >= 0.6 is 23.2 Å². The lowest BCUT2D eigenvalue weighted by Crippen LogP contribution is -2.40. The van der Waals surface area contributed by atoms with Gasteiger partial charge in [0.1, 0.15) is 0 Å². The number of nitrogens with one attached hydrogen (secondary N) is 1. The molecule has 0 fully saturated rings. The molecule has 0 aromatic heterocycles. The number of carboxylic acid groups (broad SMARTS) is 1. The van der Waals surface area contributed by atoms with Gasteiger partial charge in [-0.3, -0.25) is 14.4 Å². The highest BCUT2D eigenvalue weighted by atomic mass is 35.5. The molecule has 7 nitrogen and oxygen atoms in total. The van der Waals surface area contributed by atoms with Crippen LogP contribution in [0.5, 0.6) is 0 Å². The molecular formula is C18H26Cl2N2O5. The van der Waals surface area contributed by atoms with Crippen LogP contribution in [-0.2, 0) is 19.1 Å². The zero-order chi connectivity index (χ0) is 21.2. The number of primary amides is 1. The second-order valence-corrected chi connectivity index (χ2v) is 5.55. The van der Waals surface area contributed by atoms with Crippen LogP contribution < -0.4 is 11.1 Å². The zero-order valence-electron chi connectivity index (χ0n) is 15.6. The van der Waals surface area contributed by atoms with E-state index in [4.69, 9.17) is 38.8 Å². The maximum absolute atomic E-state index is 11.6. The first-order chi connectivity index (χ1) is 12.8. The molecule has 152 valence electrons. The quantitative estimate of drug-likeness (QED) is 0.387. The van der Waals surface area contributed by atoms with Crippen molar-refractivity contribution >= 4 is 47.2 Å². The van der Waals surface area contributed by atoms with Crippen molar-refractivity contribution in [2.75, 3.05) is 12.4 Å². The fraction of sp³-hybridized carbons (Fsp3) is 0.389. The van der Waals surface area contributed by atoms with Gasteiger partial charge in [0.2, 0.25) is 6.10 Å². The number of amides is 2. The Morgan fingerprint density at radius 3 is 1.93 bits per heavy atom. The van der Waals surface area contributed by atoms with Crippen molar-refractivity contribution in [3.05, 3.63) is 40.4 Å². The highest BCUT2D eigenvalue weighted by Crippen LogP contribution is 2.22. The Balaban J connectivity index is 0. The van der Waals surface area contributed by atoms with Crippen molar-refractivity contribution in [2.45, 2.75) is 39.2 Å². The number of hydrogen-bond donors (Lipinski definition) is 3. The van der Waals surface area contributed by atoms with Crippen LogP contribution in [0.25, 0.3) is 0 Å². The number of benzene rings is 1. The van der Waals surface area contributed by atoms with Crippen LogP contribution in [0.3, 0.4) is 0 Å². The van der Waals surface area contributed by atoms with E-state index in [-0.39, 0.29) is 6.47 Å². The fourth-order valence-corrected chi connectivity index (χ4v) is 2.30. The maximum atomic E-state index is 11.6. The monoisotopic (exact) mass is 420 g/mol. The normalized spacial score (nSPS) is 12.0. The van der Waals surface area contributed by atoms with E-state index in [0.29, 0.717) is 15.7 Å². The molecule has 1 atom stereocenters. The molecule has 0 aliphatic heterocycles. The molecule has 0 spiro atoms. The molecule has 27 heavy (non-hydrogen) atoms. The fourth-order valence-electron chi connectivity index (χ4n) is 1.78. The predicted octanol–water partition coefficient (Wildman–Crippen LogP) is 3.89. The topological polar surface area (TPSA) is 119 Å². The Morgan fingerprint density at radius 1 is 1.19 bits per heavy atom. The molecule has 2 rings (SSSR count). The first-order valence-corrected chi connectivity index (χ1v) is 8.93. The molecule has 4 N–H and O–H groups in total. The lowest BCUT2D eigenvalue weighted by molar-refractivity contribution is -0.138. The van der Waals surface area contributed by atoms with Crippen LogP contribution in [0.2, 0.25) is 10.0 Å². The average molecular weight is 421 g/mol. The molecule has 0 saturated heterocycles. The van der Waals surface area contributed by atoms with E-state index in [0.717, 1.165) is 0 Å². The molecule has 1 aromatic rings. The Kier molecular flexibility index (Phi) is 17.4. The maximum Gasteiger partial charge on any atom is 0.290 e. The van der Waals surface area contributed by atoms with Gasteiger partial charge < -0.3 is 20.9 Å². The number of carbonyl (C=O) groups is 3. The van der Waals surface area contributed by atoms with Crippen molar-refractivity contribution < 1.29 is 24.2 Å². The summed E-state index contributed by atoms with van der Waals surface area (Å²) in [5, 5.41) is 10.0. The van der Waals surface area contributed by atoms with E-state index in [1.54, 1.807) is 0 Å². The smallest absolute Gasteiger partial charge is 0.290 e. The molecule has 1 aliphatic rings. The van der Waals surface area contributed by atoms with Gasteiger partial charge in [-0.2, -0.15) is 0 Å². The van der Waals surface area contributed by atoms with E-state index in [9.17, 15) is 9.59 Å². The number of methoxy groups -OCH3 is 1. The number of nitrogens with two attached hydrogens (primary N) is 1. The number of allylic oxidation sites excluding steroid dienone is 2. The summed E-state index contributed by atoms with van der Waals surface area (Å²) in [5.41, 5.74) is 5.34.